The van der Waals surface area contributed by atoms with Crippen LogP contribution in [-0.2, 0) is 4.79 Å². The van der Waals surface area contributed by atoms with E-state index in [1.807, 2.05) is 6.07 Å². The molecule has 3 rings (SSSR count). The fraction of sp³-hybridized carbons (Fsp3) is 0.462. The van der Waals surface area contributed by atoms with Gasteiger partial charge in [-0.1, -0.05) is 34.1 Å². The molecule has 0 saturated carbocycles. The third-order valence-electron chi connectivity index (χ3n) is 3.78. The van der Waals surface area contributed by atoms with Gasteiger partial charge >= 0.3 is 0 Å². The third-order valence-corrected chi connectivity index (χ3v) is 4.51. The molecule has 2 aliphatic rings. The topological polar surface area (TPSA) is 20.3 Å². The Hall–Kier alpha value is -0.830. The first kappa shape index (κ1) is 10.3. The number of carbonyl (C=O) groups excluding carboxylic acids is 1. The molecule has 0 N–H and O–H groups in total. The molecular weight excluding hydrogens is 266 g/mol. The van der Waals surface area contributed by atoms with Gasteiger partial charge in [-0.25, -0.2) is 0 Å². The smallest absolute Gasteiger partial charge is 0.223 e. The fourth-order valence-electron chi connectivity index (χ4n) is 3.05. The highest BCUT2D eigenvalue weighted by molar-refractivity contribution is 9.10. The molecule has 0 radical (unpaired) electrons. The number of halogens is 1. The van der Waals surface area contributed by atoms with Crippen LogP contribution in [0.25, 0.3) is 0 Å². The van der Waals surface area contributed by atoms with Crippen molar-refractivity contribution in [2.45, 2.75) is 31.2 Å². The van der Waals surface area contributed by atoms with Gasteiger partial charge in [0.15, 0.2) is 0 Å². The normalized spacial score (nSPS) is 28.6. The Morgan fingerprint density at radius 1 is 1.31 bits per heavy atom. The van der Waals surface area contributed by atoms with Crippen molar-refractivity contribution in [3.63, 3.8) is 0 Å². The van der Waals surface area contributed by atoms with E-state index in [-0.39, 0.29) is 0 Å². The highest BCUT2D eigenvalue weighted by Crippen LogP contribution is 2.42. The van der Waals surface area contributed by atoms with E-state index in [1.54, 1.807) is 0 Å². The molecule has 2 nitrogen and oxygen atoms in total. The second-order valence-corrected chi connectivity index (χ2v) is 5.48. The Kier molecular flexibility index (Phi) is 2.51. The number of carbonyl (C=O) groups is 1. The summed E-state index contributed by atoms with van der Waals surface area (Å²) in [6, 6.07) is 8.74. The summed E-state index contributed by atoms with van der Waals surface area (Å²) in [6.07, 6.45) is 3.02. The van der Waals surface area contributed by atoms with Gasteiger partial charge in [-0.05, 0) is 24.5 Å². The van der Waals surface area contributed by atoms with Crippen LogP contribution in [0.1, 0.15) is 30.7 Å². The summed E-state index contributed by atoms with van der Waals surface area (Å²) in [5.41, 5.74) is 1.30. The Morgan fingerprint density at radius 3 is 2.94 bits per heavy atom. The van der Waals surface area contributed by atoms with Crippen molar-refractivity contribution in [3.8, 4) is 0 Å². The number of nitrogens with zero attached hydrogens (tertiary/aromatic N) is 1. The molecule has 3 heteroatoms. The van der Waals surface area contributed by atoms with E-state index >= 15 is 0 Å². The Balaban J connectivity index is 1.96. The van der Waals surface area contributed by atoms with Gasteiger partial charge in [0.25, 0.3) is 0 Å². The lowest BCUT2D eigenvalue weighted by Gasteiger charge is -2.21. The zero-order valence-electron chi connectivity index (χ0n) is 9.03. The van der Waals surface area contributed by atoms with E-state index in [2.05, 4.69) is 39.0 Å². The standard InChI is InChI=1S/C13H14BrNO/c14-11-5-2-1-4-9(11)10-8-13(16)15-7-3-6-12(10)15/h1-2,4-5,10,12H,3,6-8H2/t10-,12+/m1/s1. The van der Waals surface area contributed by atoms with E-state index in [1.165, 1.54) is 5.56 Å². The number of rotatable bonds is 1. The Morgan fingerprint density at radius 2 is 2.12 bits per heavy atom. The van der Waals surface area contributed by atoms with Crippen LogP contribution in [0.5, 0.6) is 0 Å². The van der Waals surface area contributed by atoms with Gasteiger partial charge in [0.05, 0.1) is 0 Å². The number of benzene rings is 1. The molecule has 2 atom stereocenters. The number of amides is 1. The molecular formula is C13H14BrNO. The van der Waals surface area contributed by atoms with E-state index in [9.17, 15) is 4.79 Å². The molecule has 0 unspecified atom stereocenters. The SMILES string of the molecule is O=C1C[C@H](c2ccccc2Br)[C@@H]2CCCN12. The number of fused-ring (bicyclic) bond motifs is 1. The Labute approximate surface area is 104 Å². The molecule has 0 aromatic heterocycles. The van der Waals surface area contributed by atoms with Crippen LogP contribution in [0.2, 0.25) is 0 Å². The van der Waals surface area contributed by atoms with Gasteiger partial charge < -0.3 is 4.90 Å². The van der Waals surface area contributed by atoms with Crippen molar-refractivity contribution < 1.29 is 4.79 Å². The quantitative estimate of drug-likeness (QED) is 0.774. The minimum atomic E-state index is 0.336. The first-order valence-corrected chi connectivity index (χ1v) is 6.60. The summed E-state index contributed by atoms with van der Waals surface area (Å²) in [5, 5.41) is 0. The van der Waals surface area contributed by atoms with Crippen molar-refractivity contribution in [1.82, 2.24) is 4.90 Å². The van der Waals surface area contributed by atoms with Crippen LogP contribution in [0, 0.1) is 0 Å². The molecule has 0 aliphatic carbocycles. The predicted octanol–water partition coefficient (Wildman–Crippen LogP) is 2.93. The largest absolute Gasteiger partial charge is 0.339 e. The molecule has 16 heavy (non-hydrogen) atoms. The molecule has 2 aliphatic heterocycles. The molecule has 2 heterocycles. The maximum absolute atomic E-state index is 11.9. The second-order valence-electron chi connectivity index (χ2n) is 4.63. The molecule has 1 aromatic rings. The van der Waals surface area contributed by atoms with Crippen molar-refractivity contribution in [2.24, 2.45) is 0 Å². The van der Waals surface area contributed by atoms with Crippen molar-refractivity contribution >= 4 is 21.8 Å². The van der Waals surface area contributed by atoms with Crippen LogP contribution < -0.4 is 0 Å². The summed E-state index contributed by atoms with van der Waals surface area (Å²) in [4.78, 5) is 13.9. The molecule has 84 valence electrons. The minimum absolute atomic E-state index is 0.336. The van der Waals surface area contributed by atoms with Crippen LogP contribution in [0.3, 0.4) is 0 Å². The van der Waals surface area contributed by atoms with Gasteiger partial charge in [0.1, 0.15) is 0 Å². The zero-order valence-corrected chi connectivity index (χ0v) is 10.6. The van der Waals surface area contributed by atoms with Gasteiger partial charge in [0, 0.05) is 29.4 Å². The lowest BCUT2D eigenvalue weighted by atomic mass is 9.90. The molecule has 1 amide bonds. The summed E-state index contributed by atoms with van der Waals surface area (Å²) in [5.74, 6) is 0.730. The van der Waals surface area contributed by atoms with Gasteiger partial charge in [0.2, 0.25) is 5.91 Å². The predicted molar refractivity (Wildman–Crippen MR) is 66.2 cm³/mol. The van der Waals surface area contributed by atoms with Crippen molar-refractivity contribution in [1.29, 1.82) is 0 Å². The Bertz CT molecular complexity index is 432. The average molecular weight is 280 g/mol. The highest BCUT2D eigenvalue weighted by Gasteiger charge is 2.43. The molecule has 2 saturated heterocycles. The molecule has 0 spiro atoms. The van der Waals surface area contributed by atoms with Crippen LogP contribution >= 0.6 is 15.9 Å². The van der Waals surface area contributed by atoms with Gasteiger partial charge in [-0.2, -0.15) is 0 Å². The van der Waals surface area contributed by atoms with E-state index in [0.717, 1.165) is 23.9 Å². The summed E-state index contributed by atoms with van der Waals surface area (Å²) in [6.45, 7) is 0.963. The maximum atomic E-state index is 11.9. The number of hydrogen-bond acceptors (Lipinski definition) is 1. The molecule has 1 aromatic carbocycles. The first-order chi connectivity index (χ1) is 7.77. The summed E-state index contributed by atoms with van der Waals surface area (Å²) < 4.78 is 1.14. The van der Waals surface area contributed by atoms with Crippen LogP contribution in [-0.4, -0.2) is 23.4 Å². The zero-order chi connectivity index (χ0) is 11.1. The lowest BCUT2D eigenvalue weighted by molar-refractivity contribution is -0.127. The van der Waals surface area contributed by atoms with E-state index in [4.69, 9.17) is 0 Å². The maximum Gasteiger partial charge on any atom is 0.223 e. The molecule has 2 fully saturated rings. The second kappa shape index (κ2) is 3.88. The first-order valence-electron chi connectivity index (χ1n) is 5.81. The van der Waals surface area contributed by atoms with Gasteiger partial charge in [-0.15, -0.1) is 0 Å². The summed E-state index contributed by atoms with van der Waals surface area (Å²) >= 11 is 3.59. The van der Waals surface area contributed by atoms with Gasteiger partial charge in [-0.3, -0.25) is 4.79 Å². The van der Waals surface area contributed by atoms with Crippen molar-refractivity contribution in [2.75, 3.05) is 6.54 Å². The monoisotopic (exact) mass is 279 g/mol. The summed E-state index contributed by atoms with van der Waals surface area (Å²) in [7, 11) is 0. The minimum Gasteiger partial charge on any atom is -0.339 e. The van der Waals surface area contributed by atoms with Crippen molar-refractivity contribution in [3.05, 3.63) is 34.3 Å². The van der Waals surface area contributed by atoms with E-state index < -0.39 is 0 Å². The van der Waals surface area contributed by atoms with Crippen LogP contribution in [0.4, 0.5) is 0 Å². The van der Waals surface area contributed by atoms with E-state index in [0.29, 0.717) is 24.3 Å². The molecule has 0 bridgehead atoms. The fourth-order valence-corrected chi connectivity index (χ4v) is 3.63. The third kappa shape index (κ3) is 1.49. The average Bonchev–Trinajstić information content (AvgIpc) is 2.84. The number of hydrogen-bond donors (Lipinski definition) is 0. The van der Waals surface area contributed by atoms with Crippen LogP contribution in [0.15, 0.2) is 28.7 Å². The lowest BCUT2D eigenvalue weighted by Crippen LogP contribution is -2.28. The highest BCUT2D eigenvalue weighted by atomic mass is 79.9.